The van der Waals surface area contributed by atoms with Crippen molar-refractivity contribution >= 4 is 34.5 Å². The fraction of sp³-hybridized carbons (Fsp3) is 0.161. The van der Waals surface area contributed by atoms with Crippen LogP contribution in [0.3, 0.4) is 0 Å². The van der Waals surface area contributed by atoms with Crippen LogP contribution in [0.2, 0.25) is 0 Å². The molecule has 0 aliphatic heterocycles. The van der Waals surface area contributed by atoms with Crippen molar-refractivity contribution in [3.8, 4) is 0 Å². The Labute approximate surface area is 204 Å². The van der Waals surface area contributed by atoms with Crippen molar-refractivity contribution in [3.05, 3.63) is 119 Å². The Balaban J connectivity index is 1.37. The van der Waals surface area contributed by atoms with Crippen molar-refractivity contribution in [2.45, 2.75) is 24.9 Å². The first-order valence-electron chi connectivity index (χ1n) is 12.1. The molecule has 0 bridgehead atoms. The Kier molecular flexibility index (Phi) is 5.51. The second-order valence-corrected chi connectivity index (χ2v) is 9.08. The Morgan fingerprint density at radius 1 is 0.971 bits per heavy atom. The van der Waals surface area contributed by atoms with Crippen molar-refractivity contribution in [3.63, 3.8) is 0 Å². The van der Waals surface area contributed by atoms with E-state index in [2.05, 4.69) is 90.7 Å². The fourth-order valence-corrected chi connectivity index (χ4v) is 5.42. The molecule has 3 aliphatic rings. The first kappa shape index (κ1) is 21.5. The van der Waals surface area contributed by atoms with E-state index in [1.54, 1.807) is 0 Å². The molecule has 0 amide bonds. The molecule has 1 aromatic heterocycles. The van der Waals surface area contributed by atoms with E-state index in [-0.39, 0.29) is 11.8 Å². The minimum atomic E-state index is -0.525. The molecule has 0 saturated carbocycles. The maximum atomic E-state index is 6.66. The van der Waals surface area contributed by atoms with Gasteiger partial charge in [0.25, 0.3) is 0 Å². The number of allylic oxidation sites excluding steroid dienone is 8. The molecule has 2 N–H and O–H groups in total. The van der Waals surface area contributed by atoms with Gasteiger partial charge in [-0.3, -0.25) is 0 Å². The molecule has 3 unspecified atom stereocenters. The lowest BCUT2D eigenvalue weighted by atomic mass is 9.72. The number of aliphatic imine (C=N–C) groups is 2. The van der Waals surface area contributed by atoms with Gasteiger partial charge in [0.1, 0.15) is 17.3 Å². The van der Waals surface area contributed by atoms with Crippen LogP contribution in [0.15, 0.2) is 128 Å². The van der Waals surface area contributed by atoms with E-state index in [1.807, 2.05) is 18.2 Å². The van der Waals surface area contributed by atoms with Crippen molar-refractivity contribution in [2.24, 2.45) is 21.6 Å². The average Bonchev–Trinajstić information content (AvgIpc) is 3.30. The van der Waals surface area contributed by atoms with Gasteiger partial charge in [0.2, 0.25) is 0 Å². The van der Waals surface area contributed by atoms with Crippen molar-refractivity contribution in [1.82, 2.24) is 0 Å². The maximum absolute atomic E-state index is 6.66. The van der Waals surface area contributed by atoms with Gasteiger partial charge < -0.3 is 10.2 Å². The second-order valence-electron chi connectivity index (χ2n) is 9.08. The van der Waals surface area contributed by atoms with E-state index in [1.165, 1.54) is 16.5 Å². The number of nitrogens with zero attached hydrogens (tertiary/aromatic N) is 2. The third kappa shape index (κ3) is 3.76. The van der Waals surface area contributed by atoms with Crippen LogP contribution >= 0.6 is 0 Å². The topological polar surface area (TPSA) is 63.9 Å². The summed E-state index contributed by atoms with van der Waals surface area (Å²) in [6.45, 7) is 3.74. The quantitative estimate of drug-likeness (QED) is 0.341. The summed E-state index contributed by atoms with van der Waals surface area (Å²) in [4.78, 5) is 8.96. The van der Waals surface area contributed by atoms with E-state index in [0.717, 1.165) is 40.5 Å². The molecule has 35 heavy (non-hydrogen) atoms. The molecule has 3 atom stereocenters. The molecule has 0 radical (unpaired) electrons. The molecule has 6 rings (SSSR count). The average molecular weight is 458 g/mol. The first-order valence-corrected chi connectivity index (χ1v) is 12.1. The van der Waals surface area contributed by atoms with Crippen molar-refractivity contribution in [1.29, 1.82) is 0 Å². The van der Waals surface area contributed by atoms with Gasteiger partial charge in [0, 0.05) is 28.2 Å². The Morgan fingerprint density at radius 2 is 1.80 bits per heavy atom. The van der Waals surface area contributed by atoms with Crippen molar-refractivity contribution in [2.75, 3.05) is 0 Å². The van der Waals surface area contributed by atoms with Gasteiger partial charge in [-0.05, 0) is 48.4 Å². The third-order valence-corrected chi connectivity index (χ3v) is 7.04. The molecule has 1 heterocycles. The minimum absolute atomic E-state index is 0.162. The van der Waals surface area contributed by atoms with Gasteiger partial charge >= 0.3 is 0 Å². The zero-order chi connectivity index (χ0) is 23.8. The van der Waals surface area contributed by atoms with Crippen LogP contribution in [-0.4, -0.2) is 18.7 Å². The zero-order valence-corrected chi connectivity index (χ0v) is 19.5. The summed E-state index contributed by atoms with van der Waals surface area (Å²) < 4.78 is 6.16. The van der Waals surface area contributed by atoms with Gasteiger partial charge in [0.15, 0.2) is 5.84 Å². The molecule has 4 nitrogen and oxygen atoms in total. The van der Waals surface area contributed by atoms with Crippen LogP contribution in [-0.2, 0) is 0 Å². The standard InChI is InChI=1S/C31H27N3O/c1-33-31(20-10-3-2-4-11-20)34-30(32)25-17-8-13-21-22(14-7-15-23(21)25)24-16-9-19-28-29(24)26-12-5-6-18-27(26)35-28/h3,5-19,21-22,30H,1-2,4,32H2/b34-31-. The van der Waals surface area contributed by atoms with Gasteiger partial charge in [-0.1, -0.05) is 85.0 Å². The van der Waals surface area contributed by atoms with Crippen LogP contribution in [0, 0.1) is 5.92 Å². The smallest absolute Gasteiger partial charge is 0.155 e. The predicted molar refractivity (Wildman–Crippen MR) is 146 cm³/mol. The second kappa shape index (κ2) is 8.97. The first-order chi connectivity index (χ1) is 17.2. The largest absolute Gasteiger partial charge is 0.456 e. The summed E-state index contributed by atoms with van der Waals surface area (Å²) in [6, 6.07) is 14.6. The number of fused-ring (bicyclic) bond motifs is 4. The molecule has 0 spiro atoms. The highest BCUT2D eigenvalue weighted by Gasteiger charge is 2.31. The van der Waals surface area contributed by atoms with Crippen LogP contribution in [0.5, 0.6) is 0 Å². The summed E-state index contributed by atoms with van der Waals surface area (Å²) in [5, 5.41) is 2.33. The molecule has 3 aromatic rings. The van der Waals surface area contributed by atoms with Gasteiger partial charge in [-0.25, -0.2) is 9.98 Å². The molecule has 0 saturated heterocycles. The highest BCUT2D eigenvalue weighted by molar-refractivity contribution is 6.07. The van der Waals surface area contributed by atoms with Crippen LogP contribution in [0.4, 0.5) is 0 Å². The zero-order valence-electron chi connectivity index (χ0n) is 19.5. The van der Waals surface area contributed by atoms with E-state index < -0.39 is 6.17 Å². The fourth-order valence-electron chi connectivity index (χ4n) is 5.42. The summed E-state index contributed by atoms with van der Waals surface area (Å²) in [5.74, 6) is 0.921. The van der Waals surface area contributed by atoms with Gasteiger partial charge in [-0.15, -0.1) is 0 Å². The Bertz CT molecular complexity index is 1540. The number of rotatable bonds is 4. The number of amidine groups is 1. The molecule has 172 valence electrons. The molecule has 0 fully saturated rings. The Hall–Kier alpha value is -4.02. The molecular formula is C31H27N3O. The van der Waals surface area contributed by atoms with Crippen LogP contribution in [0.1, 0.15) is 24.3 Å². The summed E-state index contributed by atoms with van der Waals surface area (Å²) in [7, 11) is 0. The number of para-hydroxylation sites is 1. The number of furan rings is 1. The van der Waals surface area contributed by atoms with E-state index in [9.17, 15) is 0 Å². The minimum Gasteiger partial charge on any atom is -0.456 e. The third-order valence-electron chi connectivity index (χ3n) is 7.04. The predicted octanol–water partition coefficient (Wildman–Crippen LogP) is 6.94. The highest BCUT2D eigenvalue weighted by Crippen LogP contribution is 2.45. The van der Waals surface area contributed by atoms with Gasteiger partial charge in [0.05, 0.1) is 0 Å². The molecule has 4 heteroatoms. The summed E-state index contributed by atoms with van der Waals surface area (Å²) >= 11 is 0. The van der Waals surface area contributed by atoms with E-state index >= 15 is 0 Å². The number of hydrogen-bond donors (Lipinski definition) is 1. The normalized spacial score (nSPS) is 22.5. The number of hydrogen-bond acceptors (Lipinski definition) is 3. The highest BCUT2D eigenvalue weighted by atomic mass is 16.3. The SMILES string of the molecule is C=N/C(=N\C(N)C1=CC=CC2C1=CC=CC2c1cccc2oc3ccccc3c12)C1=CCCC=C1. The lowest BCUT2D eigenvalue weighted by molar-refractivity contribution is 0.643. The van der Waals surface area contributed by atoms with Crippen LogP contribution in [0.25, 0.3) is 21.9 Å². The summed E-state index contributed by atoms with van der Waals surface area (Å²) in [5.41, 5.74) is 12.9. The van der Waals surface area contributed by atoms with E-state index in [0.29, 0.717) is 5.84 Å². The lowest BCUT2D eigenvalue weighted by Gasteiger charge is -2.32. The molecule has 2 aromatic carbocycles. The number of nitrogens with two attached hydrogens (primary N) is 1. The molecular weight excluding hydrogens is 430 g/mol. The lowest BCUT2D eigenvalue weighted by Crippen LogP contribution is -2.28. The van der Waals surface area contributed by atoms with E-state index in [4.69, 9.17) is 15.1 Å². The van der Waals surface area contributed by atoms with Crippen LogP contribution < -0.4 is 5.73 Å². The number of benzene rings is 2. The summed E-state index contributed by atoms with van der Waals surface area (Å²) in [6.07, 6.45) is 20.9. The monoisotopic (exact) mass is 457 g/mol. The maximum Gasteiger partial charge on any atom is 0.155 e. The van der Waals surface area contributed by atoms with Gasteiger partial charge in [-0.2, -0.15) is 0 Å². The van der Waals surface area contributed by atoms with Crippen molar-refractivity contribution < 1.29 is 4.42 Å². The Morgan fingerprint density at radius 3 is 2.66 bits per heavy atom. The molecule has 3 aliphatic carbocycles.